The Morgan fingerprint density at radius 3 is 1.94 bits per heavy atom. The molecule has 0 radical (unpaired) electrons. The predicted molar refractivity (Wildman–Crippen MR) is 141 cm³/mol. The molecule has 1 aromatic heterocycles. The molecule has 7 rings (SSSR count). The van der Waals surface area contributed by atoms with Crippen molar-refractivity contribution in [1.29, 1.82) is 0 Å². The van der Waals surface area contributed by atoms with Crippen LogP contribution in [0, 0.1) is 6.92 Å². The average Bonchev–Trinajstić information content (AvgIpc) is 3.38. The Morgan fingerprint density at radius 2 is 1.21 bits per heavy atom. The van der Waals surface area contributed by atoms with E-state index in [0.717, 1.165) is 11.2 Å². The molecule has 156 valence electrons. The minimum absolute atomic E-state index is 0.962. The molecule has 1 aliphatic rings. The molecule has 5 aromatic carbocycles. The maximum atomic E-state index is 6.42. The van der Waals surface area contributed by atoms with Crippen LogP contribution in [0.1, 0.15) is 5.56 Å². The van der Waals surface area contributed by atoms with E-state index in [4.69, 9.17) is 4.42 Å². The van der Waals surface area contributed by atoms with Crippen molar-refractivity contribution in [3.05, 3.63) is 121 Å². The fourth-order valence-electron chi connectivity index (χ4n) is 5.92. The lowest BCUT2D eigenvalue weighted by Crippen LogP contribution is -2.72. The normalized spacial score (nSPS) is 13.8. The van der Waals surface area contributed by atoms with Crippen molar-refractivity contribution in [3.8, 4) is 11.1 Å². The van der Waals surface area contributed by atoms with Crippen molar-refractivity contribution in [2.75, 3.05) is 0 Å². The first kappa shape index (κ1) is 18.7. The lowest BCUT2D eigenvalue weighted by molar-refractivity contribution is 0.669. The lowest BCUT2D eigenvalue weighted by Gasteiger charge is -2.31. The van der Waals surface area contributed by atoms with E-state index in [9.17, 15) is 0 Å². The maximum Gasteiger partial charge on any atom is 0.181 e. The van der Waals surface area contributed by atoms with Gasteiger partial charge in [-0.2, -0.15) is 0 Å². The van der Waals surface area contributed by atoms with E-state index in [1.807, 2.05) is 0 Å². The lowest BCUT2D eigenvalue weighted by atomic mass is 10.0. The summed E-state index contributed by atoms with van der Waals surface area (Å²) in [5.41, 5.74) is 5.90. The van der Waals surface area contributed by atoms with E-state index in [1.54, 1.807) is 0 Å². The largest absolute Gasteiger partial charge is 0.456 e. The topological polar surface area (TPSA) is 13.1 Å². The molecule has 2 heterocycles. The molecule has 33 heavy (non-hydrogen) atoms. The molecule has 6 aromatic rings. The van der Waals surface area contributed by atoms with Gasteiger partial charge in [-0.15, -0.1) is 0 Å². The van der Waals surface area contributed by atoms with Gasteiger partial charge in [0.2, 0.25) is 0 Å². The highest BCUT2D eigenvalue weighted by Gasteiger charge is 2.50. The summed E-state index contributed by atoms with van der Waals surface area (Å²) in [5.74, 6) is 0. The van der Waals surface area contributed by atoms with Gasteiger partial charge in [0.05, 0.1) is 0 Å². The SMILES string of the molecule is Cc1ccc2oc3ccc4c(c3c2c1)[Si](c1ccccc1)(c1ccccc1)c1ccccc1-4. The van der Waals surface area contributed by atoms with Crippen LogP contribution in [0.15, 0.2) is 120 Å². The summed E-state index contributed by atoms with van der Waals surface area (Å²) in [6, 6.07) is 42.3. The zero-order valence-corrected chi connectivity index (χ0v) is 19.4. The van der Waals surface area contributed by atoms with Gasteiger partial charge in [0.15, 0.2) is 8.07 Å². The summed E-state index contributed by atoms with van der Waals surface area (Å²) >= 11 is 0. The minimum Gasteiger partial charge on any atom is -0.456 e. The molecular formula is C31H22OSi. The molecule has 0 atom stereocenters. The Kier molecular flexibility index (Phi) is 3.85. The minimum atomic E-state index is -2.55. The van der Waals surface area contributed by atoms with E-state index >= 15 is 0 Å². The second kappa shape index (κ2) is 6.81. The monoisotopic (exact) mass is 438 g/mol. The summed E-state index contributed by atoms with van der Waals surface area (Å²) in [5, 5.41) is 8.25. The molecule has 0 amide bonds. The molecule has 1 nitrogen and oxygen atoms in total. The van der Waals surface area contributed by atoms with E-state index < -0.39 is 8.07 Å². The summed E-state index contributed by atoms with van der Waals surface area (Å²) < 4.78 is 6.42. The summed E-state index contributed by atoms with van der Waals surface area (Å²) in [6.07, 6.45) is 0. The van der Waals surface area contributed by atoms with Crippen molar-refractivity contribution in [1.82, 2.24) is 0 Å². The highest BCUT2D eigenvalue weighted by molar-refractivity contribution is 7.23. The molecule has 0 saturated carbocycles. The van der Waals surface area contributed by atoms with Crippen molar-refractivity contribution >= 4 is 50.8 Å². The smallest absolute Gasteiger partial charge is 0.181 e. The van der Waals surface area contributed by atoms with Crippen molar-refractivity contribution in [2.45, 2.75) is 6.92 Å². The Bertz CT molecular complexity index is 1620. The fraction of sp³-hybridized carbons (Fsp3) is 0.0323. The second-order valence-electron chi connectivity index (χ2n) is 8.99. The van der Waals surface area contributed by atoms with Gasteiger partial charge < -0.3 is 4.42 Å². The number of benzene rings is 5. The van der Waals surface area contributed by atoms with Gasteiger partial charge in [0.1, 0.15) is 11.2 Å². The quantitative estimate of drug-likeness (QED) is 0.336. The van der Waals surface area contributed by atoms with Crippen LogP contribution in [0.3, 0.4) is 0 Å². The van der Waals surface area contributed by atoms with Crippen molar-refractivity contribution in [3.63, 3.8) is 0 Å². The third kappa shape index (κ3) is 2.41. The van der Waals surface area contributed by atoms with E-state index in [2.05, 4.69) is 122 Å². The van der Waals surface area contributed by atoms with Crippen molar-refractivity contribution in [2.24, 2.45) is 0 Å². The molecule has 0 N–H and O–H groups in total. The zero-order chi connectivity index (χ0) is 22.0. The Balaban J connectivity index is 1.77. The Labute approximate surface area is 194 Å². The highest BCUT2D eigenvalue weighted by atomic mass is 28.3. The molecule has 1 aliphatic heterocycles. The van der Waals surface area contributed by atoms with Crippen LogP contribution in [0.2, 0.25) is 0 Å². The van der Waals surface area contributed by atoms with Gasteiger partial charge in [0, 0.05) is 10.8 Å². The van der Waals surface area contributed by atoms with Gasteiger partial charge in [-0.1, -0.05) is 103 Å². The number of fused-ring (bicyclic) bond motifs is 7. The first-order valence-corrected chi connectivity index (χ1v) is 13.5. The highest BCUT2D eigenvalue weighted by Crippen LogP contribution is 2.37. The van der Waals surface area contributed by atoms with Crippen LogP contribution < -0.4 is 20.7 Å². The molecular weight excluding hydrogens is 416 g/mol. The number of furan rings is 1. The second-order valence-corrected chi connectivity index (χ2v) is 12.7. The van der Waals surface area contributed by atoms with Crippen LogP contribution in [0.25, 0.3) is 33.1 Å². The molecule has 0 unspecified atom stereocenters. The Hall–Kier alpha value is -3.88. The third-order valence-corrected chi connectivity index (χ3v) is 12.1. The summed E-state index contributed by atoms with van der Waals surface area (Å²) in [4.78, 5) is 0. The first-order valence-electron chi connectivity index (χ1n) is 11.5. The van der Waals surface area contributed by atoms with Gasteiger partial charge >= 0.3 is 0 Å². The van der Waals surface area contributed by atoms with Crippen LogP contribution in [-0.2, 0) is 0 Å². The summed E-state index contributed by atoms with van der Waals surface area (Å²) in [7, 11) is -2.55. The molecule has 0 bridgehead atoms. The van der Waals surface area contributed by atoms with Gasteiger partial charge in [-0.25, -0.2) is 0 Å². The van der Waals surface area contributed by atoms with Gasteiger partial charge in [0.25, 0.3) is 0 Å². The first-order chi connectivity index (χ1) is 16.3. The number of rotatable bonds is 2. The predicted octanol–water partition coefficient (Wildman–Crippen LogP) is 5.25. The molecule has 2 heteroatoms. The standard InChI is InChI=1S/C31H22OSi/c1-21-16-18-27-26(20-21)30-28(32-27)19-17-25-24-14-8-9-15-29(24)33(31(25)30,22-10-4-2-5-11-22)23-12-6-3-7-13-23/h2-20H,1H3. The third-order valence-electron chi connectivity index (χ3n) is 7.20. The van der Waals surface area contributed by atoms with Crippen LogP contribution in [0.5, 0.6) is 0 Å². The van der Waals surface area contributed by atoms with E-state index in [-0.39, 0.29) is 0 Å². The number of aryl methyl sites for hydroxylation is 1. The summed E-state index contributed by atoms with van der Waals surface area (Å²) in [6.45, 7) is 2.16. The molecule has 0 aliphatic carbocycles. The fourth-order valence-corrected chi connectivity index (χ4v) is 11.3. The van der Waals surface area contributed by atoms with Gasteiger partial charge in [-0.05, 0) is 57.0 Å². The van der Waals surface area contributed by atoms with Gasteiger partial charge in [-0.3, -0.25) is 0 Å². The maximum absolute atomic E-state index is 6.42. The average molecular weight is 439 g/mol. The van der Waals surface area contributed by atoms with E-state index in [1.165, 1.54) is 48.2 Å². The zero-order valence-electron chi connectivity index (χ0n) is 18.4. The molecule has 0 fully saturated rings. The van der Waals surface area contributed by atoms with Crippen LogP contribution in [-0.4, -0.2) is 8.07 Å². The number of hydrogen-bond donors (Lipinski definition) is 0. The molecule has 0 spiro atoms. The molecule has 0 saturated heterocycles. The van der Waals surface area contributed by atoms with Crippen LogP contribution in [0.4, 0.5) is 0 Å². The Morgan fingerprint density at radius 1 is 0.576 bits per heavy atom. The number of hydrogen-bond acceptors (Lipinski definition) is 1. The van der Waals surface area contributed by atoms with E-state index in [0.29, 0.717) is 0 Å². The van der Waals surface area contributed by atoms with Crippen LogP contribution >= 0.6 is 0 Å². The van der Waals surface area contributed by atoms with Crippen molar-refractivity contribution < 1.29 is 4.42 Å².